The van der Waals surface area contributed by atoms with Crippen molar-refractivity contribution in [1.82, 2.24) is 0 Å². The second-order valence-electron chi connectivity index (χ2n) is 5.55. The molecule has 0 unspecified atom stereocenters. The number of nitrogens with zero attached hydrogens (tertiary/aromatic N) is 1. The molecule has 0 radical (unpaired) electrons. The first-order valence-corrected chi connectivity index (χ1v) is 8.23. The van der Waals surface area contributed by atoms with Crippen LogP contribution in [-0.2, 0) is 11.2 Å². The molecular weight excluding hydrogens is 278 g/mol. The molecule has 1 aliphatic rings. The molecule has 0 bridgehead atoms. The van der Waals surface area contributed by atoms with E-state index in [-0.39, 0.29) is 11.9 Å². The number of para-hydroxylation sites is 1. The van der Waals surface area contributed by atoms with Crippen molar-refractivity contribution in [2.75, 3.05) is 10.7 Å². The average molecular weight is 297 g/mol. The molecule has 1 aliphatic heterocycles. The SMILES string of the molecule is Cc1ccc(SCC(=O)N2c3ccccc3C[C@H]2C)cc1. The van der Waals surface area contributed by atoms with Gasteiger partial charge >= 0.3 is 0 Å². The maximum Gasteiger partial charge on any atom is 0.237 e. The van der Waals surface area contributed by atoms with Crippen LogP contribution in [-0.4, -0.2) is 17.7 Å². The maximum atomic E-state index is 12.6. The average Bonchev–Trinajstić information content (AvgIpc) is 2.82. The quantitative estimate of drug-likeness (QED) is 0.796. The Morgan fingerprint density at radius 2 is 1.90 bits per heavy atom. The van der Waals surface area contributed by atoms with Gasteiger partial charge in [-0.3, -0.25) is 4.79 Å². The minimum Gasteiger partial charge on any atom is -0.308 e. The van der Waals surface area contributed by atoms with Gasteiger partial charge in [0, 0.05) is 16.6 Å². The van der Waals surface area contributed by atoms with Crippen molar-refractivity contribution in [3.05, 3.63) is 59.7 Å². The Balaban J connectivity index is 1.70. The monoisotopic (exact) mass is 297 g/mol. The van der Waals surface area contributed by atoms with Gasteiger partial charge in [0.15, 0.2) is 0 Å². The normalized spacial score (nSPS) is 16.9. The molecule has 1 heterocycles. The molecule has 2 nitrogen and oxygen atoms in total. The number of fused-ring (bicyclic) bond motifs is 1. The highest BCUT2D eigenvalue weighted by Crippen LogP contribution is 2.32. The van der Waals surface area contributed by atoms with Crippen molar-refractivity contribution < 1.29 is 4.79 Å². The van der Waals surface area contributed by atoms with Crippen LogP contribution in [0.5, 0.6) is 0 Å². The number of anilines is 1. The predicted octanol–water partition coefficient (Wildman–Crippen LogP) is 4.06. The molecule has 0 saturated carbocycles. The van der Waals surface area contributed by atoms with Gasteiger partial charge in [0.1, 0.15) is 0 Å². The molecule has 3 rings (SSSR count). The lowest BCUT2D eigenvalue weighted by Gasteiger charge is -2.22. The number of carbonyl (C=O) groups excluding carboxylic acids is 1. The molecule has 21 heavy (non-hydrogen) atoms. The van der Waals surface area contributed by atoms with E-state index in [1.165, 1.54) is 11.1 Å². The van der Waals surface area contributed by atoms with Crippen LogP contribution >= 0.6 is 11.8 Å². The number of aryl methyl sites for hydroxylation is 1. The van der Waals surface area contributed by atoms with Crippen LogP contribution in [0.25, 0.3) is 0 Å². The summed E-state index contributed by atoms with van der Waals surface area (Å²) < 4.78 is 0. The van der Waals surface area contributed by atoms with Gasteiger partial charge in [-0.15, -0.1) is 11.8 Å². The lowest BCUT2D eigenvalue weighted by Crippen LogP contribution is -2.36. The Bertz CT molecular complexity index is 651. The van der Waals surface area contributed by atoms with Gasteiger partial charge in [-0.25, -0.2) is 0 Å². The topological polar surface area (TPSA) is 20.3 Å². The minimum atomic E-state index is 0.193. The number of carbonyl (C=O) groups is 1. The van der Waals surface area contributed by atoms with Crippen LogP contribution in [0, 0.1) is 6.92 Å². The largest absolute Gasteiger partial charge is 0.308 e. The molecule has 1 amide bonds. The van der Waals surface area contributed by atoms with Crippen molar-refractivity contribution in [2.24, 2.45) is 0 Å². The minimum absolute atomic E-state index is 0.193. The number of hydrogen-bond donors (Lipinski definition) is 0. The lowest BCUT2D eigenvalue weighted by molar-refractivity contribution is -0.116. The van der Waals surface area contributed by atoms with E-state index in [9.17, 15) is 4.79 Å². The highest BCUT2D eigenvalue weighted by atomic mass is 32.2. The third kappa shape index (κ3) is 2.98. The summed E-state index contributed by atoms with van der Waals surface area (Å²) in [7, 11) is 0. The molecule has 2 aromatic rings. The molecule has 0 saturated heterocycles. The summed E-state index contributed by atoms with van der Waals surface area (Å²) >= 11 is 1.61. The molecular formula is C18H19NOS. The van der Waals surface area contributed by atoms with Gasteiger partial charge in [-0.2, -0.15) is 0 Å². The smallest absolute Gasteiger partial charge is 0.237 e. The fraction of sp³-hybridized carbons (Fsp3) is 0.278. The standard InChI is InChI=1S/C18H19NOS/c1-13-7-9-16(10-8-13)21-12-18(20)19-14(2)11-15-5-3-4-6-17(15)19/h3-10,14H,11-12H2,1-2H3/t14-/m1/s1. The Morgan fingerprint density at radius 3 is 2.67 bits per heavy atom. The molecule has 108 valence electrons. The summed E-state index contributed by atoms with van der Waals surface area (Å²) in [5, 5.41) is 0. The van der Waals surface area contributed by atoms with Crippen LogP contribution in [0.15, 0.2) is 53.4 Å². The fourth-order valence-electron chi connectivity index (χ4n) is 2.79. The zero-order valence-corrected chi connectivity index (χ0v) is 13.2. The molecule has 0 aromatic heterocycles. The van der Waals surface area contributed by atoms with E-state index in [4.69, 9.17) is 0 Å². The van der Waals surface area contributed by atoms with Gasteiger partial charge in [0.05, 0.1) is 5.75 Å². The summed E-state index contributed by atoms with van der Waals surface area (Å²) in [6, 6.07) is 16.8. The highest BCUT2D eigenvalue weighted by molar-refractivity contribution is 8.00. The third-order valence-corrected chi connectivity index (χ3v) is 4.86. The van der Waals surface area contributed by atoms with Crippen molar-refractivity contribution in [2.45, 2.75) is 31.2 Å². The van der Waals surface area contributed by atoms with Crippen LogP contribution in [0.2, 0.25) is 0 Å². The van der Waals surface area contributed by atoms with Crippen molar-refractivity contribution in [1.29, 1.82) is 0 Å². The summed E-state index contributed by atoms with van der Waals surface area (Å²) in [4.78, 5) is 15.7. The van der Waals surface area contributed by atoms with E-state index in [1.54, 1.807) is 11.8 Å². The van der Waals surface area contributed by atoms with Gasteiger partial charge < -0.3 is 4.90 Å². The Kier molecular flexibility index (Phi) is 4.02. The first kappa shape index (κ1) is 14.2. The van der Waals surface area contributed by atoms with Gasteiger partial charge in [-0.1, -0.05) is 35.9 Å². The lowest BCUT2D eigenvalue weighted by atomic mass is 10.1. The summed E-state index contributed by atoms with van der Waals surface area (Å²) in [5.41, 5.74) is 3.60. The van der Waals surface area contributed by atoms with E-state index >= 15 is 0 Å². The Morgan fingerprint density at radius 1 is 1.19 bits per heavy atom. The molecule has 0 spiro atoms. The molecule has 0 fully saturated rings. The zero-order valence-electron chi connectivity index (χ0n) is 12.4. The van der Waals surface area contributed by atoms with Crippen molar-refractivity contribution in [3.8, 4) is 0 Å². The van der Waals surface area contributed by atoms with Gasteiger partial charge in [-0.05, 0) is 44.0 Å². The third-order valence-electron chi connectivity index (χ3n) is 3.86. The number of amides is 1. The number of benzene rings is 2. The van der Waals surface area contributed by atoms with E-state index in [1.807, 2.05) is 23.1 Å². The Labute approximate surface area is 130 Å². The van der Waals surface area contributed by atoms with Gasteiger partial charge in [0.2, 0.25) is 5.91 Å². The second kappa shape index (κ2) is 5.94. The second-order valence-corrected chi connectivity index (χ2v) is 6.60. The molecule has 2 aromatic carbocycles. The number of thioether (sulfide) groups is 1. The Hall–Kier alpha value is -1.74. The summed E-state index contributed by atoms with van der Waals surface area (Å²) in [6.45, 7) is 4.19. The van der Waals surface area contributed by atoms with E-state index in [2.05, 4.69) is 44.2 Å². The van der Waals surface area contributed by atoms with Gasteiger partial charge in [0.25, 0.3) is 0 Å². The summed E-state index contributed by atoms with van der Waals surface area (Å²) in [6.07, 6.45) is 0.955. The van der Waals surface area contributed by atoms with Crippen molar-refractivity contribution >= 4 is 23.4 Å². The zero-order chi connectivity index (χ0) is 14.8. The number of hydrogen-bond acceptors (Lipinski definition) is 2. The molecule has 1 atom stereocenters. The van der Waals surface area contributed by atoms with Crippen LogP contribution in [0.4, 0.5) is 5.69 Å². The predicted molar refractivity (Wildman–Crippen MR) is 89.0 cm³/mol. The van der Waals surface area contributed by atoms with E-state index in [0.717, 1.165) is 17.0 Å². The van der Waals surface area contributed by atoms with Crippen LogP contribution in [0.3, 0.4) is 0 Å². The number of rotatable bonds is 3. The fourth-order valence-corrected chi connectivity index (χ4v) is 3.55. The van der Waals surface area contributed by atoms with E-state index in [0.29, 0.717) is 5.75 Å². The first-order valence-electron chi connectivity index (χ1n) is 7.24. The summed E-state index contributed by atoms with van der Waals surface area (Å²) in [5.74, 6) is 0.680. The molecule has 0 N–H and O–H groups in total. The first-order chi connectivity index (χ1) is 10.1. The molecule has 0 aliphatic carbocycles. The maximum absolute atomic E-state index is 12.6. The van der Waals surface area contributed by atoms with E-state index < -0.39 is 0 Å². The van der Waals surface area contributed by atoms with Crippen molar-refractivity contribution in [3.63, 3.8) is 0 Å². The molecule has 3 heteroatoms. The van der Waals surface area contributed by atoms with Crippen LogP contribution < -0.4 is 4.90 Å². The van der Waals surface area contributed by atoms with Crippen LogP contribution in [0.1, 0.15) is 18.1 Å². The highest BCUT2D eigenvalue weighted by Gasteiger charge is 2.30.